The second-order valence-electron chi connectivity index (χ2n) is 4.08. The summed E-state index contributed by atoms with van der Waals surface area (Å²) < 4.78 is 0. The summed E-state index contributed by atoms with van der Waals surface area (Å²) in [4.78, 5) is 20.1. The van der Waals surface area contributed by atoms with Crippen LogP contribution in [0.15, 0.2) is 34.7 Å². The largest absolute Gasteiger partial charge is 0.370 e. The second-order valence-corrected chi connectivity index (χ2v) is 4.08. The topological polar surface area (TPSA) is 83.1 Å². The smallest absolute Gasteiger partial charge is 0.236 e. The number of nitrogens with one attached hydrogen (secondary N) is 1. The van der Waals surface area contributed by atoms with E-state index >= 15 is 0 Å². The van der Waals surface area contributed by atoms with Gasteiger partial charge in [-0.05, 0) is 25.3 Å². The molecule has 1 heterocycles. The molecule has 0 aliphatic carbocycles. The molecule has 98 valence electrons. The molecule has 6 nitrogen and oxygen atoms in total. The van der Waals surface area contributed by atoms with E-state index in [0.717, 1.165) is 19.5 Å². The van der Waals surface area contributed by atoms with Crippen LogP contribution in [-0.2, 0) is 4.79 Å². The number of amides is 1. The minimum Gasteiger partial charge on any atom is -0.370 e. The van der Waals surface area contributed by atoms with E-state index in [4.69, 9.17) is 5.73 Å². The second kappa shape index (κ2) is 7.26. The summed E-state index contributed by atoms with van der Waals surface area (Å²) in [5.41, 5.74) is 5.13. The van der Waals surface area contributed by atoms with E-state index in [1.807, 2.05) is 11.1 Å². The average Bonchev–Trinajstić information content (AvgIpc) is 2.35. The van der Waals surface area contributed by atoms with E-state index in [1.54, 1.807) is 0 Å². The van der Waals surface area contributed by atoms with E-state index in [9.17, 15) is 4.79 Å². The van der Waals surface area contributed by atoms with Crippen LogP contribution in [-0.4, -0.2) is 43.5 Å². The number of carbonyl (C=O) groups excluding carboxylic acids is 1. The summed E-state index contributed by atoms with van der Waals surface area (Å²) in [6.07, 6.45) is 6.29. The standard InChI is InChI=1S/C12H19N5O/c1-10(16-9-14-2)15-7-11-3-5-17(6-4-11)8-12(13)18/h3,5,9,11,15H,1-2,4,6-8H2,(H2,13,18)/b16-9-. The zero-order valence-corrected chi connectivity index (χ0v) is 10.4. The molecular weight excluding hydrogens is 230 g/mol. The molecule has 18 heavy (non-hydrogen) atoms. The van der Waals surface area contributed by atoms with Crippen molar-refractivity contribution in [3.63, 3.8) is 0 Å². The number of nitrogens with two attached hydrogens (primary N) is 1. The lowest BCUT2D eigenvalue weighted by atomic mass is 10.0. The van der Waals surface area contributed by atoms with Crippen molar-refractivity contribution in [3.8, 4) is 0 Å². The predicted molar refractivity (Wildman–Crippen MR) is 73.2 cm³/mol. The Hall–Kier alpha value is -2.11. The highest BCUT2D eigenvalue weighted by atomic mass is 16.1. The number of rotatable bonds is 7. The summed E-state index contributed by atoms with van der Waals surface area (Å²) >= 11 is 0. The monoisotopic (exact) mass is 249 g/mol. The lowest BCUT2D eigenvalue weighted by molar-refractivity contribution is -0.118. The minimum atomic E-state index is -0.309. The van der Waals surface area contributed by atoms with Gasteiger partial charge in [-0.25, -0.2) is 4.99 Å². The van der Waals surface area contributed by atoms with Crippen LogP contribution in [0.5, 0.6) is 0 Å². The van der Waals surface area contributed by atoms with Crippen LogP contribution in [0.2, 0.25) is 0 Å². The van der Waals surface area contributed by atoms with Gasteiger partial charge in [-0.3, -0.25) is 9.79 Å². The van der Waals surface area contributed by atoms with Crippen molar-refractivity contribution in [1.29, 1.82) is 0 Å². The van der Waals surface area contributed by atoms with Crippen molar-refractivity contribution >= 4 is 19.0 Å². The fourth-order valence-electron chi connectivity index (χ4n) is 1.65. The highest BCUT2D eigenvalue weighted by Crippen LogP contribution is 2.12. The molecular formula is C12H19N5O. The normalized spacial score (nSPS) is 18.9. The highest BCUT2D eigenvalue weighted by molar-refractivity contribution is 5.76. The molecule has 0 aromatic carbocycles. The number of hydrogen-bond donors (Lipinski definition) is 2. The summed E-state index contributed by atoms with van der Waals surface area (Å²) in [6, 6.07) is 0. The van der Waals surface area contributed by atoms with Gasteiger partial charge in [-0.2, -0.15) is 0 Å². The Morgan fingerprint density at radius 2 is 2.44 bits per heavy atom. The Morgan fingerprint density at radius 1 is 1.67 bits per heavy atom. The van der Waals surface area contributed by atoms with Crippen LogP contribution in [0.1, 0.15) is 6.42 Å². The van der Waals surface area contributed by atoms with Gasteiger partial charge in [0.2, 0.25) is 5.91 Å². The van der Waals surface area contributed by atoms with Crippen molar-refractivity contribution in [3.05, 3.63) is 24.7 Å². The molecule has 0 saturated heterocycles. The minimum absolute atomic E-state index is 0.276. The molecule has 1 aliphatic rings. The fourth-order valence-corrected chi connectivity index (χ4v) is 1.65. The maximum Gasteiger partial charge on any atom is 0.236 e. The molecule has 1 aliphatic heterocycles. The molecule has 0 aromatic heterocycles. The third-order valence-corrected chi connectivity index (χ3v) is 2.58. The number of hydrogen-bond acceptors (Lipinski definition) is 4. The molecule has 0 bridgehead atoms. The van der Waals surface area contributed by atoms with Crippen LogP contribution in [0.3, 0.4) is 0 Å². The zero-order valence-electron chi connectivity index (χ0n) is 10.4. The molecule has 0 radical (unpaired) electrons. The van der Waals surface area contributed by atoms with Crippen molar-refractivity contribution in [2.75, 3.05) is 19.6 Å². The first-order chi connectivity index (χ1) is 8.61. The molecule has 0 saturated carbocycles. The van der Waals surface area contributed by atoms with Gasteiger partial charge in [0, 0.05) is 13.1 Å². The Labute approximate surface area is 107 Å². The average molecular weight is 249 g/mol. The molecule has 0 fully saturated rings. The summed E-state index contributed by atoms with van der Waals surface area (Å²) in [5.74, 6) is 0.656. The number of primary amides is 1. The Balaban J connectivity index is 2.30. The Kier molecular flexibility index (Phi) is 5.63. The maximum atomic E-state index is 10.8. The lowest BCUT2D eigenvalue weighted by Gasteiger charge is -2.26. The van der Waals surface area contributed by atoms with Gasteiger partial charge < -0.3 is 16.0 Å². The van der Waals surface area contributed by atoms with E-state index in [2.05, 4.69) is 34.7 Å². The molecule has 1 unspecified atom stereocenters. The first-order valence-corrected chi connectivity index (χ1v) is 5.73. The van der Waals surface area contributed by atoms with Gasteiger partial charge in [0.15, 0.2) is 0 Å². The first-order valence-electron chi connectivity index (χ1n) is 5.73. The van der Waals surface area contributed by atoms with Gasteiger partial charge in [0.05, 0.1) is 6.54 Å². The van der Waals surface area contributed by atoms with E-state index < -0.39 is 0 Å². The first kappa shape index (κ1) is 14.0. The molecule has 3 N–H and O–H groups in total. The van der Waals surface area contributed by atoms with Gasteiger partial charge in [-0.15, -0.1) is 0 Å². The Morgan fingerprint density at radius 3 is 3.00 bits per heavy atom. The van der Waals surface area contributed by atoms with E-state index in [0.29, 0.717) is 11.7 Å². The molecule has 1 atom stereocenters. The summed E-state index contributed by atoms with van der Waals surface area (Å²) in [5, 5.41) is 3.10. The SMILES string of the molecule is C=N/C=N\C(=C)NCC1C=CN(CC(N)=O)CC1. The molecule has 1 amide bonds. The van der Waals surface area contributed by atoms with Gasteiger partial charge in [-0.1, -0.05) is 12.7 Å². The molecule has 1 rings (SSSR count). The van der Waals surface area contributed by atoms with Crippen LogP contribution >= 0.6 is 0 Å². The van der Waals surface area contributed by atoms with Crippen molar-refractivity contribution in [2.24, 2.45) is 21.6 Å². The van der Waals surface area contributed by atoms with Gasteiger partial charge in [0.25, 0.3) is 0 Å². The predicted octanol–water partition coefficient (Wildman–Crippen LogP) is 0.0970. The van der Waals surface area contributed by atoms with Crippen LogP contribution in [0.25, 0.3) is 0 Å². The van der Waals surface area contributed by atoms with E-state index in [-0.39, 0.29) is 12.5 Å². The summed E-state index contributed by atoms with van der Waals surface area (Å²) in [7, 11) is 0. The lowest BCUT2D eigenvalue weighted by Crippen LogP contribution is -2.35. The molecule has 0 aromatic rings. The highest BCUT2D eigenvalue weighted by Gasteiger charge is 2.14. The quantitative estimate of drug-likeness (QED) is 0.496. The number of carbonyl (C=O) groups is 1. The number of aliphatic imine (C=N–C) groups is 2. The summed E-state index contributed by atoms with van der Waals surface area (Å²) in [6.45, 7) is 8.89. The van der Waals surface area contributed by atoms with Crippen molar-refractivity contribution in [2.45, 2.75) is 6.42 Å². The fraction of sp³-hybridized carbons (Fsp3) is 0.417. The van der Waals surface area contributed by atoms with Crippen LogP contribution in [0, 0.1) is 5.92 Å². The third-order valence-electron chi connectivity index (χ3n) is 2.58. The van der Waals surface area contributed by atoms with E-state index in [1.165, 1.54) is 6.34 Å². The molecule has 6 heteroatoms. The van der Waals surface area contributed by atoms with Crippen LogP contribution in [0.4, 0.5) is 0 Å². The van der Waals surface area contributed by atoms with Gasteiger partial charge in [0.1, 0.15) is 12.2 Å². The third kappa shape index (κ3) is 5.29. The Bertz CT molecular complexity index is 375. The van der Waals surface area contributed by atoms with Gasteiger partial charge >= 0.3 is 0 Å². The maximum absolute atomic E-state index is 10.8. The van der Waals surface area contributed by atoms with Crippen molar-refractivity contribution in [1.82, 2.24) is 10.2 Å². The van der Waals surface area contributed by atoms with Crippen molar-refractivity contribution < 1.29 is 4.79 Å². The zero-order chi connectivity index (χ0) is 13.4. The molecule has 0 spiro atoms. The number of nitrogens with zero attached hydrogens (tertiary/aromatic N) is 3. The van der Waals surface area contributed by atoms with Crippen LogP contribution < -0.4 is 11.1 Å².